The van der Waals surface area contributed by atoms with E-state index in [0.717, 1.165) is 9.80 Å². The van der Waals surface area contributed by atoms with Crippen LogP contribution in [0, 0.1) is 11.8 Å². The number of rotatable bonds is 12. The number of likely N-dealkylation sites (N-methyl/N-ethyl adjacent to an activating group) is 1. The standard InChI is InChI=1S/C50H70N8O13/c1-26(2)23-35-43(63)51-34-20-21-39(62)58(48(34)68)38(25-31-13-10-9-11-14-31)49(69)56(8)37(24-32-16-18-33(61)19-17-32)45(65)53-40(27(3)4)50(70)71-29(6)42(47(67)52-35)55-46(66)41(28(5)59)54-44(64)36-15-12-22-57(36)30(7)60/h9-11,13-14,16-19,26-29,34-42,59,61-62H,12,15,20-25H2,1-8H3,(H,51,63)(H,52,67)(H,53,65)(H,54,64)(H,55,66)/t28-,29-,34?,35+,36+,37+,38+,39-,40+,41+,42+/m1/s1. The SMILES string of the molecule is CC(=O)N1CCC[C@H]1C(=O)N[C@H](C(=O)N[C@@H]1C(=O)N[C@@H](CC(C)C)C(=O)NC2CC[C@@H](O)N(C2=O)[C@@H](Cc2ccccc2)C(=O)N(C)[C@@H](Cc2ccc(O)cc2)C(=O)N[C@@H](C(C)C)C(=O)O[C@@H]1C)[C@@H](C)O. The topological polar surface area (TPSA) is 293 Å². The van der Waals surface area contributed by atoms with E-state index in [9.17, 15) is 53.7 Å². The molecule has 11 atom stereocenters. The van der Waals surface area contributed by atoms with Gasteiger partial charge in [-0.25, -0.2) is 4.79 Å². The Bertz CT molecular complexity index is 2260. The van der Waals surface area contributed by atoms with E-state index in [1.54, 1.807) is 70.2 Å². The predicted octanol–water partition coefficient (Wildman–Crippen LogP) is -0.223. The van der Waals surface area contributed by atoms with Crippen molar-refractivity contribution in [3.8, 4) is 5.75 Å². The molecule has 21 nitrogen and oxygen atoms in total. The van der Waals surface area contributed by atoms with Gasteiger partial charge in [-0.3, -0.25) is 38.4 Å². The number of cyclic esters (lactones) is 1. The second kappa shape index (κ2) is 24.5. The van der Waals surface area contributed by atoms with Gasteiger partial charge in [0, 0.05) is 33.4 Å². The largest absolute Gasteiger partial charge is 0.508 e. The lowest BCUT2D eigenvalue weighted by atomic mass is 9.95. The van der Waals surface area contributed by atoms with Crippen molar-refractivity contribution in [3.05, 3.63) is 65.7 Å². The fourth-order valence-corrected chi connectivity index (χ4v) is 9.21. The summed E-state index contributed by atoms with van der Waals surface area (Å²) in [7, 11) is 1.36. The number of phenols is 1. The van der Waals surface area contributed by atoms with Crippen molar-refractivity contribution in [2.24, 2.45) is 11.8 Å². The van der Waals surface area contributed by atoms with Gasteiger partial charge in [0.2, 0.25) is 47.3 Å². The maximum Gasteiger partial charge on any atom is 0.329 e. The van der Waals surface area contributed by atoms with Crippen molar-refractivity contribution in [1.82, 2.24) is 41.3 Å². The van der Waals surface area contributed by atoms with E-state index >= 15 is 4.79 Å². The van der Waals surface area contributed by atoms with E-state index in [0.29, 0.717) is 30.5 Å². The molecule has 5 rings (SSSR count). The molecule has 0 aromatic heterocycles. The molecule has 8 amide bonds. The van der Waals surface area contributed by atoms with Crippen molar-refractivity contribution in [2.45, 2.75) is 160 Å². The van der Waals surface area contributed by atoms with Crippen LogP contribution in [-0.2, 0) is 60.7 Å². The molecule has 388 valence electrons. The molecule has 71 heavy (non-hydrogen) atoms. The number of nitrogens with one attached hydrogen (secondary N) is 5. The summed E-state index contributed by atoms with van der Waals surface area (Å²) in [6.45, 7) is 10.9. The Morgan fingerprint density at radius 1 is 0.803 bits per heavy atom. The van der Waals surface area contributed by atoms with Crippen LogP contribution in [-0.4, -0.2) is 164 Å². The highest BCUT2D eigenvalue weighted by Crippen LogP contribution is 2.26. The first-order chi connectivity index (χ1) is 33.5. The number of hydrogen-bond acceptors (Lipinski definition) is 13. The van der Waals surface area contributed by atoms with Crippen molar-refractivity contribution >= 4 is 53.2 Å². The van der Waals surface area contributed by atoms with E-state index < -0.39 is 120 Å². The number of aliphatic hydroxyl groups is 2. The van der Waals surface area contributed by atoms with Gasteiger partial charge in [-0.05, 0) is 81.0 Å². The number of fused-ring (bicyclic) bond motifs is 2. The molecular weight excluding hydrogens is 921 g/mol. The van der Waals surface area contributed by atoms with Gasteiger partial charge in [0.05, 0.1) is 6.10 Å². The normalized spacial score (nSPS) is 27.1. The second-order valence-corrected chi connectivity index (χ2v) is 19.6. The summed E-state index contributed by atoms with van der Waals surface area (Å²) in [5, 5.41) is 45.5. The third-order valence-corrected chi connectivity index (χ3v) is 13.2. The number of aliphatic hydroxyl groups excluding tert-OH is 2. The molecule has 1 unspecified atom stereocenters. The summed E-state index contributed by atoms with van der Waals surface area (Å²) in [6, 6.07) is 3.24. The summed E-state index contributed by atoms with van der Waals surface area (Å²) in [6.07, 6.45) is -4.19. The Kier molecular flexibility index (Phi) is 19.1. The van der Waals surface area contributed by atoms with Crippen LogP contribution in [0.1, 0.15) is 91.7 Å². The monoisotopic (exact) mass is 991 g/mol. The van der Waals surface area contributed by atoms with Gasteiger partial charge in [0.15, 0.2) is 0 Å². The minimum Gasteiger partial charge on any atom is -0.508 e. The maximum atomic E-state index is 15.0. The molecule has 3 fully saturated rings. The van der Waals surface area contributed by atoms with Crippen molar-refractivity contribution in [1.29, 1.82) is 0 Å². The number of amides is 8. The molecule has 0 spiro atoms. The Hall–Kier alpha value is -6.61. The quantitative estimate of drug-likeness (QED) is 0.128. The Morgan fingerprint density at radius 2 is 1.44 bits per heavy atom. The zero-order valence-corrected chi connectivity index (χ0v) is 41.6. The van der Waals surface area contributed by atoms with Crippen LogP contribution in [0.2, 0.25) is 0 Å². The molecule has 2 bridgehead atoms. The summed E-state index contributed by atoms with van der Waals surface area (Å²) in [5.41, 5.74) is 1.11. The number of nitrogens with zero attached hydrogens (tertiary/aromatic N) is 3. The molecule has 3 saturated heterocycles. The van der Waals surface area contributed by atoms with E-state index in [-0.39, 0.29) is 49.7 Å². The van der Waals surface area contributed by atoms with E-state index in [2.05, 4.69) is 26.6 Å². The van der Waals surface area contributed by atoms with Gasteiger partial charge >= 0.3 is 5.97 Å². The molecule has 2 aromatic carbocycles. The van der Waals surface area contributed by atoms with Gasteiger partial charge in [0.1, 0.15) is 66.4 Å². The predicted molar refractivity (Wildman–Crippen MR) is 256 cm³/mol. The van der Waals surface area contributed by atoms with Gasteiger partial charge in [0.25, 0.3) is 0 Å². The van der Waals surface area contributed by atoms with Gasteiger partial charge in [-0.1, -0.05) is 70.2 Å². The number of aromatic hydroxyl groups is 1. The lowest BCUT2D eigenvalue weighted by molar-refractivity contribution is -0.165. The number of benzene rings is 2. The zero-order chi connectivity index (χ0) is 52.4. The van der Waals surface area contributed by atoms with Crippen LogP contribution in [0.15, 0.2) is 54.6 Å². The molecule has 0 saturated carbocycles. The fourth-order valence-electron chi connectivity index (χ4n) is 9.21. The van der Waals surface area contributed by atoms with E-state index in [1.165, 1.54) is 44.9 Å². The number of carbonyl (C=O) groups is 9. The molecule has 3 aliphatic rings. The highest BCUT2D eigenvalue weighted by molar-refractivity contribution is 5.99. The van der Waals surface area contributed by atoms with Crippen molar-refractivity contribution in [3.63, 3.8) is 0 Å². The molecule has 0 radical (unpaired) electrons. The molecule has 2 aromatic rings. The van der Waals surface area contributed by atoms with Crippen molar-refractivity contribution in [2.75, 3.05) is 13.6 Å². The van der Waals surface area contributed by atoms with Gasteiger partial charge in [-0.2, -0.15) is 0 Å². The first-order valence-electron chi connectivity index (χ1n) is 24.2. The Balaban J connectivity index is 1.59. The van der Waals surface area contributed by atoms with Crippen LogP contribution in [0.3, 0.4) is 0 Å². The Morgan fingerprint density at radius 3 is 2.04 bits per heavy atom. The van der Waals surface area contributed by atoms with Crippen LogP contribution >= 0.6 is 0 Å². The van der Waals surface area contributed by atoms with Crippen molar-refractivity contribution < 1.29 is 63.2 Å². The average molecular weight is 991 g/mol. The summed E-state index contributed by atoms with van der Waals surface area (Å²) in [4.78, 5) is 131. The highest BCUT2D eigenvalue weighted by atomic mass is 16.5. The molecular formula is C50H70N8O13. The zero-order valence-electron chi connectivity index (χ0n) is 41.6. The minimum atomic E-state index is -1.82. The molecule has 21 heteroatoms. The number of ether oxygens (including phenoxy) is 1. The first-order valence-corrected chi connectivity index (χ1v) is 24.2. The van der Waals surface area contributed by atoms with Gasteiger partial charge < -0.3 is 61.3 Å². The number of phenolic OH excluding ortho intramolecular Hbond substituents is 1. The molecule has 3 heterocycles. The summed E-state index contributed by atoms with van der Waals surface area (Å²) >= 11 is 0. The van der Waals surface area contributed by atoms with Gasteiger partial charge in [-0.15, -0.1) is 0 Å². The van der Waals surface area contributed by atoms with Crippen LogP contribution < -0.4 is 26.6 Å². The number of esters is 1. The lowest BCUT2D eigenvalue weighted by Crippen LogP contribution is -2.65. The summed E-state index contributed by atoms with van der Waals surface area (Å²) in [5.74, 6) is -8.45. The third kappa shape index (κ3) is 14.1. The van der Waals surface area contributed by atoms with Crippen LogP contribution in [0.5, 0.6) is 5.75 Å². The molecule has 3 aliphatic heterocycles. The van der Waals surface area contributed by atoms with Crippen LogP contribution in [0.25, 0.3) is 0 Å². The first kappa shape index (κ1) is 55.3. The minimum absolute atomic E-state index is 0.00381. The highest BCUT2D eigenvalue weighted by Gasteiger charge is 2.46. The number of hydrogen-bond donors (Lipinski definition) is 8. The van der Waals surface area contributed by atoms with E-state index in [4.69, 9.17) is 4.74 Å². The van der Waals surface area contributed by atoms with E-state index in [1.807, 2.05) is 0 Å². The van der Waals surface area contributed by atoms with Crippen LogP contribution in [0.4, 0.5) is 0 Å². The second-order valence-electron chi connectivity index (χ2n) is 19.6. The maximum absolute atomic E-state index is 15.0. The smallest absolute Gasteiger partial charge is 0.329 e. The average Bonchev–Trinajstić information content (AvgIpc) is 3.82. The fraction of sp³-hybridized carbons (Fsp3) is 0.580. The third-order valence-electron chi connectivity index (χ3n) is 13.2. The number of carbonyl (C=O) groups excluding carboxylic acids is 9. The summed E-state index contributed by atoms with van der Waals surface area (Å²) < 4.78 is 5.88. The lowest BCUT2D eigenvalue weighted by Gasteiger charge is -2.43. The molecule has 0 aliphatic carbocycles. The number of piperidine rings is 1. The Labute approximate surface area is 413 Å². The molecule has 8 N–H and O–H groups in total. The number of likely N-dealkylation sites (tertiary alicyclic amines) is 1.